The molecule has 2 aromatic rings. The minimum atomic E-state index is -0.433. The topological polar surface area (TPSA) is 71.8 Å². The SMILES string of the molecule is C[C@H](Cn1cncn1)NC(=O)[C@H](C)Nc1ccc(Cl)cc1Cl. The normalized spacial score (nSPS) is 13.5. The van der Waals surface area contributed by atoms with E-state index in [9.17, 15) is 4.79 Å². The van der Waals surface area contributed by atoms with Crippen molar-refractivity contribution in [3.8, 4) is 0 Å². The zero-order valence-electron chi connectivity index (χ0n) is 12.3. The van der Waals surface area contributed by atoms with Gasteiger partial charge < -0.3 is 10.6 Å². The van der Waals surface area contributed by atoms with Gasteiger partial charge in [0.15, 0.2) is 0 Å². The van der Waals surface area contributed by atoms with Crippen molar-refractivity contribution in [2.24, 2.45) is 0 Å². The van der Waals surface area contributed by atoms with Gasteiger partial charge in [0.1, 0.15) is 18.7 Å². The molecule has 0 aliphatic rings. The van der Waals surface area contributed by atoms with Crippen LogP contribution >= 0.6 is 23.2 Å². The van der Waals surface area contributed by atoms with Crippen molar-refractivity contribution in [1.82, 2.24) is 20.1 Å². The van der Waals surface area contributed by atoms with Crippen molar-refractivity contribution >= 4 is 34.8 Å². The molecule has 0 saturated carbocycles. The smallest absolute Gasteiger partial charge is 0.242 e. The van der Waals surface area contributed by atoms with Crippen LogP contribution in [0, 0.1) is 0 Å². The Hall–Kier alpha value is -1.79. The molecule has 0 saturated heterocycles. The van der Waals surface area contributed by atoms with Crippen LogP contribution in [0.4, 0.5) is 5.69 Å². The highest BCUT2D eigenvalue weighted by molar-refractivity contribution is 6.36. The molecule has 0 spiro atoms. The molecule has 8 heteroatoms. The maximum absolute atomic E-state index is 12.2. The minimum absolute atomic E-state index is 0.0702. The Balaban J connectivity index is 1.88. The van der Waals surface area contributed by atoms with Crippen LogP contribution in [0.5, 0.6) is 0 Å². The Bertz CT molecular complexity index is 632. The summed E-state index contributed by atoms with van der Waals surface area (Å²) in [6, 6.07) is 4.58. The van der Waals surface area contributed by atoms with Gasteiger partial charge in [0.25, 0.3) is 0 Å². The van der Waals surface area contributed by atoms with Crippen LogP contribution < -0.4 is 10.6 Å². The Morgan fingerprint density at radius 1 is 1.36 bits per heavy atom. The summed E-state index contributed by atoms with van der Waals surface area (Å²) in [5, 5.41) is 11.0. The quantitative estimate of drug-likeness (QED) is 0.846. The Morgan fingerprint density at radius 3 is 2.77 bits per heavy atom. The van der Waals surface area contributed by atoms with Gasteiger partial charge in [-0.1, -0.05) is 23.2 Å². The van der Waals surface area contributed by atoms with E-state index < -0.39 is 6.04 Å². The van der Waals surface area contributed by atoms with Gasteiger partial charge in [-0.25, -0.2) is 4.98 Å². The number of halogens is 2. The van der Waals surface area contributed by atoms with Crippen molar-refractivity contribution in [2.75, 3.05) is 5.32 Å². The van der Waals surface area contributed by atoms with Crippen LogP contribution in [0.2, 0.25) is 10.0 Å². The Morgan fingerprint density at radius 2 is 2.14 bits per heavy atom. The van der Waals surface area contributed by atoms with Crippen molar-refractivity contribution in [2.45, 2.75) is 32.5 Å². The third-order valence-electron chi connectivity index (χ3n) is 3.01. The first-order chi connectivity index (χ1) is 10.5. The van der Waals surface area contributed by atoms with Crippen molar-refractivity contribution in [1.29, 1.82) is 0 Å². The van der Waals surface area contributed by atoms with Crippen LogP contribution in [-0.2, 0) is 11.3 Å². The van der Waals surface area contributed by atoms with E-state index in [-0.39, 0.29) is 11.9 Å². The van der Waals surface area contributed by atoms with Gasteiger partial charge in [-0.15, -0.1) is 0 Å². The van der Waals surface area contributed by atoms with Gasteiger partial charge in [-0.3, -0.25) is 9.48 Å². The number of hydrogen-bond acceptors (Lipinski definition) is 4. The highest BCUT2D eigenvalue weighted by Gasteiger charge is 2.16. The Kier molecular flexibility index (Phi) is 5.63. The van der Waals surface area contributed by atoms with E-state index in [2.05, 4.69) is 20.7 Å². The minimum Gasteiger partial charge on any atom is -0.373 e. The monoisotopic (exact) mass is 341 g/mol. The standard InChI is InChI=1S/C14H17Cl2N5O/c1-9(6-21-8-17-7-18-21)19-14(22)10(2)20-13-4-3-11(15)5-12(13)16/h3-5,7-10,20H,6H2,1-2H3,(H,19,22)/t9-,10+/m1/s1. The lowest BCUT2D eigenvalue weighted by atomic mass is 10.2. The molecular weight excluding hydrogens is 325 g/mol. The summed E-state index contributed by atoms with van der Waals surface area (Å²) >= 11 is 11.9. The van der Waals surface area contributed by atoms with Gasteiger partial charge in [-0.05, 0) is 32.0 Å². The number of carbonyl (C=O) groups excluding carboxylic acids is 1. The molecular formula is C14H17Cl2N5O. The maximum Gasteiger partial charge on any atom is 0.242 e. The molecule has 0 radical (unpaired) electrons. The second-order valence-electron chi connectivity index (χ2n) is 5.02. The lowest BCUT2D eigenvalue weighted by Crippen LogP contribution is -2.43. The summed E-state index contributed by atoms with van der Waals surface area (Å²) in [4.78, 5) is 16.0. The summed E-state index contributed by atoms with van der Waals surface area (Å²) < 4.78 is 1.67. The van der Waals surface area contributed by atoms with E-state index in [0.29, 0.717) is 22.3 Å². The average molecular weight is 342 g/mol. The fraction of sp³-hybridized carbons (Fsp3) is 0.357. The third-order valence-corrected chi connectivity index (χ3v) is 3.56. The second kappa shape index (κ2) is 7.47. The molecule has 22 heavy (non-hydrogen) atoms. The number of nitrogens with one attached hydrogen (secondary N) is 2. The molecule has 0 fully saturated rings. The van der Waals surface area contributed by atoms with E-state index in [1.807, 2.05) is 6.92 Å². The van der Waals surface area contributed by atoms with Gasteiger partial charge >= 0.3 is 0 Å². The number of rotatable bonds is 6. The summed E-state index contributed by atoms with van der Waals surface area (Å²) in [7, 11) is 0. The molecule has 2 atom stereocenters. The first-order valence-electron chi connectivity index (χ1n) is 6.80. The summed E-state index contributed by atoms with van der Waals surface area (Å²) in [5.41, 5.74) is 0.664. The molecule has 0 unspecified atom stereocenters. The van der Waals surface area contributed by atoms with Crippen LogP contribution in [0.3, 0.4) is 0 Å². The molecule has 0 bridgehead atoms. The number of benzene rings is 1. The van der Waals surface area contributed by atoms with E-state index in [0.717, 1.165) is 0 Å². The summed E-state index contributed by atoms with van der Waals surface area (Å²) in [6.45, 7) is 4.23. The summed E-state index contributed by atoms with van der Waals surface area (Å²) in [6.07, 6.45) is 3.07. The third kappa shape index (κ3) is 4.61. The molecule has 1 aromatic heterocycles. The van der Waals surface area contributed by atoms with E-state index in [4.69, 9.17) is 23.2 Å². The van der Waals surface area contributed by atoms with Crippen molar-refractivity contribution in [3.05, 3.63) is 40.9 Å². The van der Waals surface area contributed by atoms with Crippen molar-refractivity contribution in [3.63, 3.8) is 0 Å². The highest BCUT2D eigenvalue weighted by Crippen LogP contribution is 2.25. The molecule has 118 valence electrons. The zero-order chi connectivity index (χ0) is 16.1. The number of hydrogen-bond donors (Lipinski definition) is 2. The first kappa shape index (κ1) is 16.6. The molecule has 1 heterocycles. The number of amides is 1. The van der Waals surface area contributed by atoms with Gasteiger partial charge in [0, 0.05) is 11.1 Å². The van der Waals surface area contributed by atoms with Crippen LogP contribution in [0.1, 0.15) is 13.8 Å². The summed E-state index contributed by atoms with van der Waals surface area (Å²) in [5.74, 6) is -0.126. The first-order valence-corrected chi connectivity index (χ1v) is 7.55. The molecule has 0 aliphatic heterocycles. The number of anilines is 1. The Labute approximate surface area is 138 Å². The van der Waals surface area contributed by atoms with E-state index >= 15 is 0 Å². The van der Waals surface area contributed by atoms with Gasteiger partial charge in [0.2, 0.25) is 5.91 Å². The van der Waals surface area contributed by atoms with Crippen LogP contribution in [0.25, 0.3) is 0 Å². The molecule has 1 amide bonds. The van der Waals surface area contributed by atoms with Crippen molar-refractivity contribution < 1.29 is 4.79 Å². The van der Waals surface area contributed by atoms with E-state index in [1.54, 1.807) is 36.1 Å². The lowest BCUT2D eigenvalue weighted by molar-refractivity contribution is -0.122. The lowest BCUT2D eigenvalue weighted by Gasteiger charge is -2.19. The maximum atomic E-state index is 12.2. The molecule has 6 nitrogen and oxygen atoms in total. The fourth-order valence-corrected chi connectivity index (χ4v) is 2.39. The number of aromatic nitrogens is 3. The van der Waals surface area contributed by atoms with Crippen LogP contribution in [-0.4, -0.2) is 32.8 Å². The molecule has 1 aromatic carbocycles. The number of nitrogens with zero attached hydrogens (tertiary/aromatic N) is 3. The van der Waals surface area contributed by atoms with E-state index in [1.165, 1.54) is 6.33 Å². The predicted molar refractivity (Wildman–Crippen MR) is 87.2 cm³/mol. The number of carbonyl (C=O) groups is 1. The largest absolute Gasteiger partial charge is 0.373 e. The molecule has 0 aliphatic carbocycles. The van der Waals surface area contributed by atoms with Gasteiger partial charge in [0.05, 0.1) is 17.3 Å². The van der Waals surface area contributed by atoms with Gasteiger partial charge in [-0.2, -0.15) is 5.10 Å². The highest BCUT2D eigenvalue weighted by atomic mass is 35.5. The predicted octanol–water partition coefficient (Wildman–Crippen LogP) is 2.59. The zero-order valence-corrected chi connectivity index (χ0v) is 13.8. The second-order valence-corrected chi connectivity index (χ2v) is 5.86. The fourth-order valence-electron chi connectivity index (χ4n) is 1.93. The molecule has 2 rings (SSSR count). The molecule has 2 N–H and O–H groups in total. The average Bonchev–Trinajstić information content (AvgIpc) is 2.94. The van der Waals surface area contributed by atoms with Crippen LogP contribution in [0.15, 0.2) is 30.9 Å².